The Hall–Kier alpha value is -2.22. The van der Waals surface area contributed by atoms with Crippen molar-refractivity contribution in [2.24, 2.45) is 0 Å². The Bertz CT molecular complexity index is 1040. The van der Waals surface area contributed by atoms with Gasteiger partial charge in [-0.15, -0.1) is 0 Å². The predicted octanol–water partition coefficient (Wildman–Crippen LogP) is 7.53. The van der Waals surface area contributed by atoms with Crippen LogP contribution in [0.2, 0.25) is 0 Å². The molecule has 7 heteroatoms. The Kier molecular flexibility index (Phi) is 11.6. The number of hydrogen-bond acceptors (Lipinski definition) is 6. The van der Waals surface area contributed by atoms with Gasteiger partial charge < -0.3 is 14.8 Å². The van der Waals surface area contributed by atoms with E-state index in [1.165, 1.54) is 73.6 Å². The lowest BCUT2D eigenvalue weighted by atomic mass is 9.93. The molecule has 40 heavy (non-hydrogen) atoms. The lowest BCUT2D eigenvalue weighted by Gasteiger charge is -2.42. The van der Waals surface area contributed by atoms with E-state index in [1.54, 1.807) is 11.8 Å². The fraction of sp³-hybridized carbons (Fsp3) is 0.606. The van der Waals surface area contributed by atoms with Crippen molar-refractivity contribution >= 4 is 17.9 Å². The van der Waals surface area contributed by atoms with Crippen LogP contribution in [-0.4, -0.2) is 66.9 Å². The summed E-state index contributed by atoms with van der Waals surface area (Å²) in [5.41, 5.74) is 0.925. The van der Waals surface area contributed by atoms with Crippen molar-refractivity contribution in [2.45, 2.75) is 100 Å². The minimum absolute atomic E-state index is 0.367. The van der Waals surface area contributed by atoms with Gasteiger partial charge in [0.25, 0.3) is 0 Å². The second kappa shape index (κ2) is 15.1. The molecule has 0 spiro atoms. The normalized spacial score (nSPS) is 18.3. The summed E-state index contributed by atoms with van der Waals surface area (Å²) in [6.45, 7) is 13.9. The Balaban J connectivity index is 1.17. The Morgan fingerprint density at radius 3 is 2.40 bits per heavy atom. The van der Waals surface area contributed by atoms with Crippen LogP contribution in [0.4, 0.5) is 4.79 Å². The number of rotatable bonds is 11. The van der Waals surface area contributed by atoms with E-state index < -0.39 is 5.60 Å². The number of benzene rings is 2. The second-order valence-electron chi connectivity index (χ2n) is 12.2. The summed E-state index contributed by atoms with van der Waals surface area (Å²) >= 11 is 1.77. The highest BCUT2D eigenvalue weighted by Crippen LogP contribution is 2.32. The maximum atomic E-state index is 11.7. The maximum Gasteiger partial charge on any atom is 0.407 e. The summed E-state index contributed by atoms with van der Waals surface area (Å²) in [7, 11) is 0. The van der Waals surface area contributed by atoms with Crippen molar-refractivity contribution in [1.82, 2.24) is 15.1 Å². The molecular formula is C33H49N3O3S. The molecule has 2 aliphatic rings. The van der Waals surface area contributed by atoms with Crippen LogP contribution in [0.25, 0.3) is 0 Å². The molecule has 1 saturated heterocycles. The number of piperazine rings is 1. The highest BCUT2D eigenvalue weighted by Gasteiger charge is 2.27. The summed E-state index contributed by atoms with van der Waals surface area (Å²) in [6, 6.07) is 18.7. The molecule has 1 unspecified atom stereocenters. The molecule has 1 aliphatic heterocycles. The fourth-order valence-corrected chi connectivity index (χ4v) is 6.51. The van der Waals surface area contributed by atoms with Gasteiger partial charge in [-0.1, -0.05) is 49.2 Å². The van der Waals surface area contributed by atoms with Gasteiger partial charge in [0.15, 0.2) is 0 Å². The van der Waals surface area contributed by atoms with Crippen molar-refractivity contribution in [3.63, 3.8) is 0 Å². The van der Waals surface area contributed by atoms with E-state index in [-0.39, 0.29) is 6.09 Å². The van der Waals surface area contributed by atoms with Gasteiger partial charge in [-0.05, 0) is 89.3 Å². The number of unbranched alkanes of at least 4 members (excludes halogenated alkanes) is 1. The van der Waals surface area contributed by atoms with Crippen molar-refractivity contribution < 1.29 is 14.3 Å². The molecule has 1 heterocycles. The summed E-state index contributed by atoms with van der Waals surface area (Å²) in [4.78, 5) is 19.5. The lowest BCUT2D eigenvalue weighted by molar-refractivity contribution is 0.0526. The molecule has 2 fully saturated rings. The van der Waals surface area contributed by atoms with Crippen molar-refractivity contribution in [2.75, 3.05) is 39.3 Å². The standard InChI is InChI=1S/C33H49N3O3S/c1-26(35-20-22-36(23-21-35)28-11-6-5-7-12-28)27-15-17-30(18-16-27)40-31-14-10-13-29(25-31)38-24-9-8-19-34-32(37)39-33(2,3)4/h10,13-18,25-26,28H,5-9,11-12,19-24H2,1-4H3,(H,34,37). The van der Waals surface area contributed by atoms with E-state index in [2.05, 4.69) is 58.4 Å². The van der Waals surface area contributed by atoms with Crippen molar-refractivity contribution in [3.05, 3.63) is 54.1 Å². The summed E-state index contributed by atoms with van der Waals surface area (Å²) in [5.74, 6) is 0.878. The zero-order valence-corrected chi connectivity index (χ0v) is 25.8. The molecular weight excluding hydrogens is 518 g/mol. The highest BCUT2D eigenvalue weighted by molar-refractivity contribution is 7.99. The zero-order chi connectivity index (χ0) is 28.4. The van der Waals surface area contributed by atoms with Crippen molar-refractivity contribution in [3.8, 4) is 5.75 Å². The highest BCUT2D eigenvalue weighted by atomic mass is 32.2. The average Bonchev–Trinajstić information content (AvgIpc) is 2.95. The van der Waals surface area contributed by atoms with Gasteiger partial charge in [0.05, 0.1) is 6.61 Å². The molecule has 0 aromatic heterocycles. The minimum Gasteiger partial charge on any atom is -0.494 e. The Morgan fingerprint density at radius 1 is 0.975 bits per heavy atom. The molecule has 1 amide bonds. The predicted molar refractivity (Wildman–Crippen MR) is 164 cm³/mol. The molecule has 2 aromatic rings. The molecule has 1 aliphatic carbocycles. The zero-order valence-electron chi connectivity index (χ0n) is 25.0. The number of nitrogens with one attached hydrogen (secondary N) is 1. The molecule has 4 rings (SSSR count). The van der Waals surface area contributed by atoms with Crippen LogP contribution in [0.1, 0.15) is 84.2 Å². The first-order valence-corrected chi connectivity index (χ1v) is 16.0. The number of carbonyl (C=O) groups is 1. The summed E-state index contributed by atoms with van der Waals surface area (Å²) in [6.07, 6.45) is 8.40. The van der Waals surface area contributed by atoms with Gasteiger partial charge in [0.1, 0.15) is 11.4 Å². The van der Waals surface area contributed by atoms with Crippen LogP contribution < -0.4 is 10.1 Å². The molecule has 6 nitrogen and oxygen atoms in total. The van der Waals surface area contributed by atoms with Gasteiger partial charge >= 0.3 is 6.09 Å². The fourth-order valence-electron chi connectivity index (χ4n) is 5.65. The lowest BCUT2D eigenvalue weighted by Crippen LogP contribution is -2.51. The van der Waals surface area contributed by atoms with Crippen LogP contribution in [0.5, 0.6) is 5.75 Å². The van der Waals surface area contributed by atoms with Crippen LogP contribution in [0.3, 0.4) is 0 Å². The van der Waals surface area contributed by atoms with Crippen LogP contribution in [0.15, 0.2) is 58.3 Å². The topological polar surface area (TPSA) is 54.0 Å². The Morgan fingerprint density at radius 2 is 1.70 bits per heavy atom. The molecule has 220 valence electrons. The third-order valence-electron chi connectivity index (χ3n) is 7.90. The van der Waals surface area contributed by atoms with Gasteiger partial charge in [0.2, 0.25) is 0 Å². The average molecular weight is 568 g/mol. The van der Waals surface area contributed by atoms with Gasteiger partial charge in [-0.2, -0.15) is 0 Å². The first-order valence-electron chi connectivity index (χ1n) is 15.2. The minimum atomic E-state index is -0.472. The second-order valence-corrected chi connectivity index (χ2v) is 13.3. The summed E-state index contributed by atoms with van der Waals surface area (Å²) < 4.78 is 11.2. The van der Waals surface area contributed by atoms with Gasteiger partial charge in [-0.3, -0.25) is 9.80 Å². The number of ether oxygens (including phenoxy) is 2. The van der Waals surface area contributed by atoms with E-state index in [4.69, 9.17) is 9.47 Å². The van der Waals surface area contributed by atoms with Crippen molar-refractivity contribution in [1.29, 1.82) is 0 Å². The SMILES string of the molecule is CC(c1ccc(Sc2cccc(OCCCCNC(=O)OC(C)(C)C)c2)cc1)N1CCN(C2CCCCC2)CC1. The molecule has 0 bridgehead atoms. The van der Waals surface area contributed by atoms with Crippen LogP contribution in [0, 0.1) is 0 Å². The number of carbonyl (C=O) groups excluding carboxylic acids is 1. The van der Waals surface area contributed by atoms with Gasteiger partial charge in [-0.25, -0.2) is 4.79 Å². The smallest absolute Gasteiger partial charge is 0.407 e. The largest absolute Gasteiger partial charge is 0.494 e. The van der Waals surface area contributed by atoms with E-state index in [0.29, 0.717) is 19.2 Å². The third-order valence-corrected chi connectivity index (χ3v) is 8.90. The molecule has 2 aromatic carbocycles. The maximum absolute atomic E-state index is 11.7. The monoisotopic (exact) mass is 567 g/mol. The summed E-state index contributed by atoms with van der Waals surface area (Å²) in [5, 5.41) is 2.79. The van der Waals surface area contributed by atoms with E-state index in [1.807, 2.05) is 32.9 Å². The molecule has 1 N–H and O–H groups in total. The van der Waals surface area contributed by atoms with E-state index >= 15 is 0 Å². The van der Waals surface area contributed by atoms with Crippen LogP contribution >= 0.6 is 11.8 Å². The Labute approximate surface area is 246 Å². The van der Waals surface area contributed by atoms with E-state index in [0.717, 1.165) is 24.6 Å². The molecule has 1 saturated carbocycles. The molecule has 0 radical (unpaired) electrons. The number of amides is 1. The first-order chi connectivity index (χ1) is 19.3. The third kappa shape index (κ3) is 10.0. The van der Waals surface area contributed by atoms with Gasteiger partial charge in [0, 0.05) is 54.6 Å². The van der Waals surface area contributed by atoms with E-state index in [9.17, 15) is 4.79 Å². The number of alkyl carbamates (subject to hydrolysis) is 1. The first kappa shape index (κ1) is 30.7. The number of hydrogen-bond donors (Lipinski definition) is 1. The quantitative estimate of drug-likeness (QED) is 0.283. The van der Waals surface area contributed by atoms with Crippen LogP contribution in [-0.2, 0) is 4.74 Å². The molecule has 1 atom stereocenters. The number of nitrogens with zero attached hydrogens (tertiary/aromatic N) is 2.